The van der Waals surface area contributed by atoms with Gasteiger partial charge < -0.3 is 0 Å². The minimum absolute atomic E-state index is 0.0346. The fourth-order valence-corrected chi connectivity index (χ4v) is 3.43. The van der Waals surface area contributed by atoms with Gasteiger partial charge in [-0.05, 0) is 31.6 Å². The molecule has 0 aromatic rings. The molecular weight excluding hydrogens is 212 g/mol. The average molecular weight is 230 g/mol. The summed E-state index contributed by atoms with van der Waals surface area (Å²) in [6, 6.07) is 1.86. The van der Waals surface area contributed by atoms with Crippen LogP contribution in [0.5, 0.6) is 0 Å². The van der Waals surface area contributed by atoms with Crippen LogP contribution in [0.4, 0.5) is 0 Å². The van der Waals surface area contributed by atoms with Crippen molar-refractivity contribution in [3.05, 3.63) is 0 Å². The summed E-state index contributed by atoms with van der Waals surface area (Å²) in [5.74, 6) is 0.583. The van der Waals surface area contributed by atoms with E-state index in [2.05, 4.69) is 11.6 Å². The zero-order valence-electron chi connectivity index (χ0n) is 9.23. The first-order chi connectivity index (χ1) is 6.99. The number of nitriles is 1. The number of hydrogen-bond acceptors (Lipinski definition) is 3. The molecule has 5 heteroatoms. The predicted molar refractivity (Wildman–Crippen MR) is 58.6 cm³/mol. The van der Waals surface area contributed by atoms with Gasteiger partial charge in [0.25, 0.3) is 0 Å². The highest BCUT2D eigenvalue weighted by atomic mass is 32.2. The second-order valence-electron chi connectivity index (χ2n) is 4.30. The SMILES string of the molecule is CCC(C#N)S(=O)(=O)NC1CCC(C)C1. The molecule has 1 fully saturated rings. The molecule has 15 heavy (non-hydrogen) atoms. The molecule has 0 amide bonds. The third-order valence-corrected chi connectivity index (χ3v) is 4.76. The summed E-state index contributed by atoms with van der Waals surface area (Å²) >= 11 is 0. The zero-order chi connectivity index (χ0) is 11.5. The highest BCUT2D eigenvalue weighted by molar-refractivity contribution is 7.90. The van der Waals surface area contributed by atoms with E-state index in [1.54, 1.807) is 6.92 Å². The molecule has 1 N–H and O–H groups in total. The largest absolute Gasteiger partial charge is 0.228 e. The second-order valence-corrected chi connectivity index (χ2v) is 6.20. The molecule has 1 rings (SSSR count). The molecule has 3 unspecified atom stereocenters. The van der Waals surface area contributed by atoms with Crippen LogP contribution < -0.4 is 4.72 Å². The van der Waals surface area contributed by atoms with Gasteiger partial charge in [-0.25, -0.2) is 13.1 Å². The van der Waals surface area contributed by atoms with E-state index in [1.807, 2.05) is 6.07 Å². The number of nitrogens with zero attached hydrogens (tertiary/aromatic N) is 1. The van der Waals surface area contributed by atoms with Gasteiger partial charge in [0.15, 0.2) is 5.25 Å². The summed E-state index contributed by atoms with van der Waals surface area (Å²) in [7, 11) is -3.44. The number of hydrogen-bond donors (Lipinski definition) is 1. The Morgan fingerprint density at radius 2 is 2.20 bits per heavy atom. The average Bonchev–Trinajstić information content (AvgIpc) is 2.51. The quantitative estimate of drug-likeness (QED) is 0.793. The Morgan fingerprint density at radius 1 is 1.53 bits per heavy atom. The standard InChI is InChI=1S/C10H18N2O2S/c1-3-10(7-11)15(13,14)12-9-5-4-8(2)6-9/h8-10,12H,3-6H2,1-2H3. The molecule has 86 valence electrons. The van der Waals surface area contributed by atoms with Gasteiger partial charge in [0.1, 0.15) is 0 Å². The zero-order valence-corrected chi connectivity index (χ0v) is 10.0. The molecule has 0 aliphatic heterocycles. The summed E-state index contributed by atoms with van der Waals surface area (Å²) in [6.45, 7) is 3.83. The van der Waals surface area contributed by atoms with Gasteiger partial charge in [-0.3, -0.25) is 0 Å². The first kappa shape index (κ1) is 12.5. The highest BCUT2D eigenvalue weighted by Gasteiger charge is 2.29. The van der Waals surface area contributed by atoms with Crippen LogP contribution in [0.25, 0.3) is 0 Å². The van der Waals surface area contributed by atoms with Crippen LogP contribution in [0.2, 0.25) is 0 Å². The summed E-state index contributed by atoms with van der Waals surface area (Å²) in [5, 5.41) is 7.81. The highest BCUT2D eigenvalue weighted by Crippen LogP contribution is 2.25. The van der Waals surface area contributed by atoms with Crippen LogP contribution in [0.1, 0.15) is 39.5 Å². The summed E-state index contributed by atoms with van der Waals surface area (Å²) < 4.78 is 26.1. The maximum Gasteiger partial charge on any atom is 0.228 e. The minimum Gasteiger partial charge on any atom is -0.211 e. The van der Waals surface area contributed by atoms with Gasteiger partial charge in [0.05, 0.1) is 6.07 Å². The van der Waals surface area contributed by atoms with E-state index in [1.165, 1.54) is 0 Å². The molecule has 0 spiro atoms. The Bertz CT molecular complexity index is 345. The fraction of sp³-hybridized carbons (Fsp3) is 0.900. The van der Waals surface area contributed by atoms with Crippen molar-refractivity contribution in [2.45, 2.75) is 50.8 Å². The number of sulfonamides is 1. The number of rotatable bonds is 4. The Morgan fingerprint density at radius 3 is 2.60 bits per heavy atom. The van der Waals surface area contributed by atoms with E-state index in [0.717, 1.165) is 19.3 Å². The molecular formula is C10H18N2O2S. The predicted octanol–water partition coefficient (Wildman–Crippen LogP) is 1.40. The van der Waals surface area contributed by atoms with Crippen LogP contribution in [-0.4, -0.2) is 19.7 Å². The van der Waals surface area contributed by atoms with Gasteiger partial charge >= 0.3 is 0 Å². The van der Waals surface area contributed by atoms with Gasteiger partial charge in [0.2, 0.25) is 10.0 Å². The number of nitrogens with one attached hydrogen (secondary N) is 1. The van der Waals surface area contributed by atoms with E-state index in [9.17, 15) is 8.42 Å². The lowest BCUT2D eigenvalue weighted by Gasteiger charge is -2.15. The molecule has 0 aromatic heterocycles. The Hall–Kier alpha value is -0.600. The molecule has 1 saturated carbocycles. The van der Waals surface area contributed by atoms with Crippen molar-refractivity contribution in [1.82, 2.24) is 4.72 Å². The van der Waals surface area contributed by atoms with Crippen molar-refractivity contribution in [1.29, 1.82) is 5.26 Å². The summed E-state index contributed by atoms with van der Waals surface area (Å²) in [5.41, 5.74) is 0. The first-order valence-corrected chi connectivity index (χ1v) is 6.95. The lowest BCUT2D eigenvalue weighted by atomic mass is 10.1. The van der Waals surface area contributed by atoms with Crippen molar-refractivity contribution < 1.29 is 8.42 Å². The van der Waals surface area contributed by atoms with Crippen LogP contribution in [0.15, 0.2) is 0 Å². The Kier molecular flexibility index (Phi) is 4.12. The molecule has 4 nitrogen and oxygen atoms in total. The normalized spacial score (nSPS) is 28.6. The van der Waals surface area contributed by atoms with E-state index < -0.39 is 15.3 Å². The summed E-state index contributed by atoms with van der Waals surface area (Å²) in [4.78, 5) is 0. The molecule has 1 aliphatic rings. The summed E-state index contributed by atoms with van der Waals surface area (Å²) in [6.07, 6.45) is 3.19. The van der Waals surface area contributed by atoms with Gasteiger partial charge in [-0.1, -0.05) is 13.8 Å². The molecule has 0 aromatic carbocycles. The van der Waals surface area contributed by atoms with E-state index >= 15 is 0 Å². The van der Waals surface area contributed by atoms with Gasteiger partial charge in [0, 0.05) is 6.04 Å². The smallest absolute Gasteiger partial charge is 0.211 e. The Labute approximate surface area is 91.7 Å². The molecule has 0 bridgehead atoms. The van der Waals surface area contributed by atoms with E-state index in [4.69, 9.17) is 5.26 Å². The molecule has 3 atom stereocenters. The topological polar surface area (TPSA) is 70.0 Å². The first-order valence-electron chi connectivity index (χ1n) is 5.40. The van der Waals surface area contributed by atoms with Gasteiger partial charge in [-0.15, -0.1) is 0 Å². The fourth-order valence-electron chi connectivity index (χ4n) is 2.01. The maximum absolute atomic E-state index is 11.7. The lowest BCUT2D eigenvalue weighted by molar-refractivity contribution is 0.532. The molecule has 0 radical (unpaired) electrons. The van der Waals surface area contributed by atoms with E-state index in [-0.39, 0.29) is 6.04 Å². The van der Waals surface area contributed by atoms with Crippen molar-refractivity contribution in [2.75, 3.05) is 0 Å². The third kappa shape index (κ3) is 3.18. The third-order valence-electron chi connectivity index (χ3n) is 2.92. The van der Waals surface area contributed by atoms with E-state index in [0.29, 0.717) is 12.3 Å². The van der Waals surface area contributed by atoms with Crippen LogP contribution in [-0.2, 0) is 10.0 Å². The molecule has 1 aliphatic carbocycles. The van der Waals surface area contributed by atoms with Crippen molar-refractivity contribution in [3.8, 4) is 6.07 Å². The van der Waals surface area contributed by atoms with Crippen molar-refractivity contribution in [3.63, 3.8) is 0 Å². The van der Waals surface area contributed by atoms with Crippen molar-refractivity contribution >= 4 is 10.0 Å². The van der Waals surface area contributed by atoms with Gasteiger partial charge in [-0.2, -0.15) is 5.26 Å². The maximum atomic E-state index is 11.7. The van der Waals surface area contributed by atoms with Crippen LogP contribution >= 0.6 is 0 Å². The van der Waals surface area contributed by atoms with Crippen molar-refractivity contribution in [2.24, 2.45) is 5.92 Å². The lowest BCUT2D eigenvalue weighted by Crippen LogP contribution is -2.39. The molecule has 0 heterocycles. The molecule has 0 saturated heterocycles. The monoisotopic (exact) mass is 230 g/mol. The minimum atomic E-state index is -3.44. The Balaban J connectivity index is 2.61. The van der Waals surface area contributed by atoms with Crippen LogP contribution in [0.3, 0.4) is 0 Å². The second kappa shape index (κ2) is 4.95. The van der Waals surface area contributed by atoms with Crippen LogP contribution in [0, 0.1) is 17.2 Å².